The summed E-state index contributed by atoms with van der Waals surface area (Å²) in [6.07, 6.45) is -4.12. The number of benzene rings is 1. The molecule has 0 aliphatic carbocycles. The van der Waals surface area contributed by atoms with Crippen molar-refractivity contribution in [3.63, 3.8) is 0 Å². The van der Waals surface area contributed by atoms with E-state index < -0.39 is 17.3 Å². The Morgan fingerprint density at radius 2 is 1.95 bits per heavy atom. The number of hydrogen-bond donors (Lipinski definition) is 1. The number of H-pyrrole nitrogens is 1. The molecule has 2 aromatic rings. The maximum Gasteiger partial charge on any atom is 0.417 e. The lowest BCUT2D eigenvalue weighted by molar-refractivity contribution is -0.137. The summed E-state index contributed by atoms with van der Waals surface area (Å²) in [5.74, 6) is -0.0973. The molecule has 0 atom stereocenters. The molecule has 0 radical (unpaired) electrons. The van der Waals surface area contributed by atoms with E-state index in [0.29, 0.717) is 16.6 Å². The van der Waals surface area contributed by atoms with Crippen molar-refractivity contribution in [1.29, 1.82) is 0 Å². The number of hydrogen-bond acceptors (Lipinski definition) is 2. The van der Waals surface area contributed by atoms with Gasteiger partial charge in [-0.05, 0) is 40.5 Å². The number of aromatic nitrogens is 2. The number of aryl methyl sites for hydroxylation is 1. The quantitative estimate of drug-likeness (QED) is 0.767. The highest BCUT2D eigenvalue weighted by Gasteiger charge is 2.34. The molecule has 1 aromatic carbocycles. The van der Waals surface area contributed by atoms with Gasteiger partial charge in [0.25, 0.3) is 5.56 Å². The van der Waals surface area contributed by atoms with E-state index in [-0.39, 0.29) is 15.9 Å². The van der Waals surface area contributed by atoms with E-state index >= 15 is 0 Å². The summed E-state index contributed by atoms with van der Waals surface area (Å²) in [5.41, 5.74) is -1.12. The summed E-state index contributed by atoms with van der Waals surface area (Å²) in [4.78, 5) is 18.3. The van der Waals surface area contributed by atoms with E-state index in [0.717, 1.165) is 6.07 Å². The second-order valence-electron chi connectivity index (χ2n) is 4.22. The largest absolute Gasteiger partial charge is 0.417 e. The number of nitrogens with one attached hydrogen (secondary N) is 1. The summed E-state index contributed by atoms with van der Waals surface area (Å²) in [6.45, 7) is 1.77. The smallest absolute Gasteiger partial charge is 0.306 e. The van der Waals surface area contributed by atoms with Crippen molar-refractivity contribution < 1.29 is 13.2 Å². The van der Waals surface area contributed by atoms with Gasteiger partial charge in [-0.3, -0.25) is 4.79 Å². The Labute approximate surface area is 134 Å². The van der Waals surface area contributed by atoms with Crippen LogP contribution in [0.5, 0.6) is 0 Å². The molecule has 0 unspecified atom stereocenters. The molecule has 1 N–H and O–H groups in total. The SMILES string of the molecule is CCc1nc(-c2ccc(Br)cc2C(F)(F)F)[nH]c(=O)c1Br. The van der Waals surface area contributed by atoms with Crippen LogP contribution in [0.1, 0.15) is 18.2 Å². The predicted molar refractivity (Wildman–Crippen MR) is 80.1 cm³/mol. The van der Waals surface area contributed by atoms with Gasteiger partial charge in [0.1, 0.15) is 10.3 Å². The van der Waals surface area contributed by atoms with Gasteiger partial charge < -0.3 is 4.98 Å². The lowest BCUT2D eigenvalue weighted by Crippen LogP contribution is -2.15. The summed E-state index contributed by atoms with van der Waals surface area (Å²) in [6, 6.07) is 3.71. The van der Waals surface area contributed by atoms with Gasteiger partial charge in [-0.2, -0.15) is 13.2 Å². The Morgan fingerprint density at radius 3 is 2.52 bits per heavy atom. The molecular weight excluding hydrogens is 417 g/mol. The first kappa shape index (κ1) is 16.2. The van der Waals surface area contributed by atoms with Crippen LogP contribution >= 0.6 is 31.9 Å². The van der Waals surface area contributed by atoms with Gasteiger partial charge >= 0.3 is 6.18 Å². The third-order valence-electron chi connectivity index (χ3n) is 2.81. The van der Waals surface area contributed by atoms with Gasteiger partial charge in [-0.25, -0.2) is 4.98 Å². The van der Waals surface area contributed by atoms with Crippen molar-refractivity contribution in [3.8, 4) is 11.4 Å². The Morgan fingerprint density at radius 1 is 1.29 bits per heavy atom. The van der Waals surface area contributed by atoms with Gasteiger partial charge in [-0.15, -0.1) is 0 Å². The monoisotopic (exact) mass is 424 g/mol. The van der Waals surface area contributed by atoms with E-state index in [1.165, 1.54) is 12.1 Å². The molecule has 0 aliphatic rings. The van der Waals surface area contributed by atoms with Gasteiger partial charge in [-0.1, -0.05) is 22.9 Å². The van der Waals surface area contributed by atoms with Crippen molar-refractivity contribution in [3.05, 3.63) is 48.8 Å². The lowest BCUT2D eigenvalue weighted by Gasteiger charge is -2.13. The van der Waals surface area contributed by atoms with Crippen LogP contribution in [0.3, 0.4) is 0 Å². The first-order valence-electron chi connectivity index (χ1n) is 5.89. The minimum Gasteiger partial charge on any atom is -0.306 e. The van der Waals surface area contributed by atoms with E-state index in [4.69, 9.17) is 0 Å². The van der Waals surface area contributed by atoms with Gasteiger partial charge in [0.15, 0.2) is 0 Å². The van der Waals surface area contributed by atoms with Crippen molar-refractivity contribution in [1.82, 2.24) is 9.97 Å². The summed E-state index contributed by atoms with van der Waals surface area (Å²) < 4.78 is 39.9. The zero-order chi connectivity index (χ0) is 15.8. The Bertz CT molecular complexity index is 741. The normalized spacial score (nSPS) is 11.7. The zero-order valence-electron chi connectivity index (χ0n) is 10.7. The summed E-state index contributed by atoms with van der Waals surface area (Å²) >= 11 is 6.10. The van der Waals surface area contributed by atoms with Crippen LogP contribution in [0.4, 0.5) is 13.2 Å². The topological polar surface area (TPSA) is 45.8 Å². The molecule has 21 heavy (non-hydrogen) atoms. The average Bonchev–Trinajstić information content (AvgIpc) is 2.40. The van der Waals surface area contributed by atoms with Crippen LogP contribution < -0.4 is 5.56 Å². The highest BCUT2D eigenvalue weighted by Crippen LogP contribution is 2.37. The molecule has 1 aromatic heterocycles. The predicted octanol–water partition coefficient (Wildman–Crippen LogP) is 4.54. The first-order valence-corrected chi connectivity index (χ1v) is 7.48. The van der Waals surface area contributed by atoms with E-state index in [1.807, 2.05) is 0 Å². The summed E-state index contributed by atoms with van der Waals surface area (Å²) in [5, 5.41) is 0. The zero-order valence-corrected chi connectivity index (χ0v) is 13.9. The van der Waals surface area contributed by atoms with Crippen molar-refractivity contribution >= 4 is 31.9 Å². The number of nitrogens with zero attached hydrogens (tertiary/aromatic N) is 1. The Balaban J connectivity index is 2.73. The Kier molecular flexibility index (Phi) is 4.57. The fraction of sp³-hybridized carbons (Fsp3) is 0.231. The van der Waals surface area contributed by atoms with Crippen molar-refractivity contribution in [2.75, 3.05) is 0 Å². The Hall–Kier alpha value is -1.15. The van der Waals surface area contributed by atoms with Crippen LogP contribution in [0, 0.1) is 0 Å². The lowest BCUT2D eigenvalue weighted by atomic mass is 10.1. The van der Waals surface area contributed by atoms with E-state index in [2.05, 4.69) is 41.8 Å². The molecule has 0 saturated carbocycles. The molecule has 112 valence electrons. The minimum absolute atomic E-state index is 0.0973. The fourth-order valence-corrected chi connectivity index (χ4v) is 2.65. The molecule has 3 nitrogen and oxygen atoms in total. The standard InChI is InChI=1S/C13H9Br2F3N2O/c1-2-9-10(15)12(21)20-11(19-9)7-4-3-6(14)5-8(7)13(16,17)18/h3-5H,2H2,1H3,(H,19,20,21). The number of alkyl halides is 3. The second-order valence-corrected chi connectivity index (χ2v) is 5.93. The highest BCUT2D eigenvalue weighted by atomic mass is 79.9. The fourth-order valence-electron chi connectivity index (χ4n) is 1.82. The molecule has 0 spiro atoms. The molecule has 2 rings (SSSR count). The molecule has 0 bridgehead atoms. The number of rotatable bonds is 2. The molecule has 0 aliphatic heterocycles. The van der Waals surface area contributed by atoms with Gasteiger partial charge in [0, 0.05) is 10.0 Å². The van der Waals surface area contributed by atoms with Crippen LogP contribution in [0.25, 0.3) is 11.4 Å². The van der Waals surface area contributed by atoms with Crippen LogP contribution in [-0.2, 0) is 12.6 Å². The molecule has 1 heterocycles. The molecule has 0 amide bonds. The highest BCUT2D eigenvalue weighted by molar-refractivity contribution is 9.10. The van der Waals surface area contributed by atoms with Gasteiger partial charge in [0.05, 0.1) is 11.3 Å². The van der Waals surface area contributed by atoms with Crippen molar-refractivity contribution in [2.24, 2.45) is 0 Å². The number of aromatic amines is 1. The molecular formula is C13H9Br2F3N2O. The summed E-state index contributed by atoms with van der Waals surface area (Å²) in [7, 11) is 0. The van der Waals surface area contributed by atoms with Crippen LogP contribution in [0.2, 0.25) is 0 Å². The number of halogens is 5. The maximum absolute atomic E-state index is 13.1. The molecule has 8 heteroatoms. The second kappa shape index (κ2) is 5.92. The van der Waals surface area contributed by atoms with Gasteiger partial charge in [0.2, 0.25) is 0 Å². The maximum atomic E-state index is 13.1. The molecule has 0 saturated heterocycles. The van der Waals surface area contributed by atoms with Crippen LogP contribution in [0.15, 0.2) is 31.9 Å². The van der Waals surface area contributed by atoms with Crippen LogP contribution in [-0.4, -0.2) is 9.97 Å². The third-order valence-corrected chi connectivity index (χ3v) is 4.12. The third kappa shape index (κ3) is 3.37. The van der Waals surface area contributed by atoms with Crippen molar-refractivity contribution in [2.45, 2.75) is 19.5 Å². The van der Waals surface area contributed by atoms with E-state index in [1.54, 1.807) is 6.92 Å². The molecule has 0 fully saturated rings. The minimum atomic E-state index is -4.54. The average molecular weight is 426 g/mol. The first-order chi connectivity index (χ1) is 9.74. The van der Waals surface area contributed by atoms with E-state index in [9.17, 15) is 18.0 Å².